The van der Waals surface area contributed by atoms with E-state index < -0.39 is 28.9 Å². The third kappa shape index (κ3) is 2.92. The summed E-state index contributed by atoms with van der Waals surface area (Å²) in [6.07, 6.45) is 0.732. The number of nitrogens with one attached hydrogen (secondary N) is 2. The Morgan fingerprint density at radius 2 is 1.83 bits per heavy atom. The van der Waals surface area contributed by atoms with Gasteiger partial charge in [-0.3, -0.25) is 9.59 Å². The molecule has 120 valence electrons. The first-order valence-corrected chi connectivity index (χ1v) is 6.92. The van der Waals surface area contributed by atoms with Gasteiger partial charge < -0.3 is 15.2 Å². The maximum Gasteiger partial charge on any atom is 0.241 e. The van der Waals surface area contributed by atoms with E-state index in [0.29, 0.717) is 18.6 Å². The second-order valence-corrected chi connectivity index (χ2v) is 5.44. The van der Waals surface area contributed by atoms with E-state index in [4.69, 9.17) is 4.52 Å². The van der Waals surface area contributed by atoms with Crippen molar-refractivity contribution in [1.82, 2.24) is 5.16 Å². The number of aromatic nitrogens is 1. The van der Waals surface area contributed by atoms with Crippen LogP contribution in [0.25, 0.3) is 0 Å². The molecule has 1 fully saturated rings. The van der Waals surface area contributed by atoms with Gasteiger partial charge in [0.25, 0.3) is 0 Å². The SMILES string of the molecule is Cc1cc(NC(=O)C2(C(=O)Nc3ccc(F)c(F)c3)CC2)no1. The maximum absolute atomic E-state index is 13.2. The quantitative estimate of drug-likeness (QED) is 0.848. The molecule has 1 aliphatic rings. The van der Waals surface area contributed by atoms with Crippen molar-refractivity contribution in [3.8, 4) is 0 Å². The Bertz CT molecular complexity index is 784. The van der Waals surface area contributed by atoms with Crippen molar-refractivity contribution in [3.63, 3.8) is 0 Å². The molecule has 0 saturated heterocycles. The summed E-state index contributed by atoms with van der Waals surface area (Å²) >= 11 is 0. The molecule has 23 heavy (non-hydrogen) atoms. The summed E-state index contributed by atoms with van der Waals surface area (Å²) in [5.74, 6) is -2.42. The molecule has 3 rings (SSSR count). The number of nitrogens with zero attached hydrogens (tertiary/aromatic N) is 1. The number of anilines is 2. The molecule has 2 amide bonds. The predicted octanol–water partition coefficient (Wildman–Crippen LogP) is 2.62. The van der Waals surface area contributed by atoms with Crippen LogP contribution in [0.4, 0.5) is 20.3 Å². The number of benzene rings is 1. The number of halogens is 2. The summed E-state index contributed by atoms with van der Waals surface area (Å²) in [5, 5.41) is 8.58. The number of carbonyl (C=O) groups is 2. The van der Waals surface area contributed by atoms with E-state index in [2.05, 4.69) is 15.8 Å². The highest BCUT2D eigenvalue weighted by molar-refractivity contribution is 6.16. The smallest absolute Gasteiger partial charge is 0.241 e. The molecule has 1 aromatic heterocycles. The lowest BCUT2D eigenvalue weighted by molar-refractivity contribution is -0.131. The number of hydrogen-bond acceptors (Lipinski definition) is 4. The van der Waals surface area contributed by atoms with Crippen LogP contribution in [0.5, 0.6) is 0 Å². The first-order valence-electron chi connectivity index (χ1n) is 6.92. The normalized spacial score (nSPS) is 15.1. The highest BCUT2D eigenvalue weighted by Gasteiger charge is 2.56. The number of carbonyl (C=O) groups excluding carboxylic acids is 2. The molecule has 8 heteroatoms. The Morgan fingerprint density at radius 1 is 1.13 bits per heavy atom. The van der Waals surface area contributed by atoms with Gasteiger partial charge in [0, 0.05) is 17.8 Å². The van der Waals surface area contributed by atoms with Crippen molar-refractivity contribution in [2.24, 2.45) is 5.41 Å². The van der Waals surface area contributed by atoms with E-state index >= 15 is 0 Å². The fraction of sp³-hybridized carbons (Fsp3) is 0.267. The second-order valence-electron chi connectivity index (χ2n) is 5.44. The molecule has 2 N–H and O–H groups in total. The lowest BCUT2D eigenvalue weighted by Crippen LogP contribution is -2.35. The van der Waals surface area contributed by atoms with E-state index in [1.807, 2.05) is 0 Å². The molecule has 0 aliphatic heterocycles. The summed E-state index contributed by atoms with van der Waals surface area (Å²) < 4.78 is 30.9. The van der Waals surface area contributed by atoms with Crippen LogP contribution in [-0.4, -0.2) is 17.0 Å². The third-order valence-electron chi connectivity index (χ3n) is 3.67. The Labute approximate surface area is 129 Å². The number of amides is 2. The van der Waals surface area contributed by atoms with Gasteiger partial charge in [0.15, 0.2) is 17.5 Å². The van der Waals surface area contributed by atoms with Crippen LogP contribution in [-0.2, 0) is 9.59 Å². The lowest BCUT2D eigenvalue weighted by atomic mass is 10.1. The van der Waals surface area contributed by atoms with Crippen molar-refractivity contribution in [2.45, 2.75) is 19.8 Å². The van der Waals surface area contributed by atoms with Crippen LogP contribution in [0.2, 0.25) is 0 Å². The van der Waals surface area contributed by atoms with Crippen LogP contribution in [0.3, 0.4) is 0 Å². The molecule has 0 radical (unpaired) electrons. The zero-order chi connectivity index (χ0) is 16.6. The average molecular weight is 321 g/mol. The van der Waals surface area contributed by atoms with Crippen LogP contribution in [0.15, 0.2) is 28.8 Å². The summed E-state index contributed by atoms with van der Waals surface area (Å²) in [6.45, 7) is 1.67. The van der Waals surface area contributed by atoms with Gasteiger partial charge in [-0.15, -0.1) is 0 Å². The van der Waals surface area contributed by atoms with Gasteiger partial charge in [0.1, 0.15) is 11.2 Å². The first-order chi connectivity index (χ1) is 10.9. The Hall–Kier alpha value is -2.77. The van der Waals surface area contributed by atoms with Gasteiger partial charge in [-0.2, -0.15) is 0 Å². The summed E-state index contributed by atoms with van der Waals surface area (Å²) in [6, 6.07) is 4.53. The Kier molecular flexibility index (Phi) is 3.59. The predicted molar refractivity (Wildman–Crippen MR) is 76.5 cm³/mol. The van der Waals surface area contributed by atoms with Crippen LogP contribution in [0.1, 0.15) is 18.6 Å². The summed E-state index contributed by atoms with van der Waals surface area (Å²) in [7, 11) is 0. The lowest BCUT2D eigenvalue weighted by Gasteiger charge is -2.14. The van der Waals surface area contributed by atoms with Gasteiger partial charge in [-0.25, -0.2) is 8.78 Å². The van der Waals surface area contributed by atoms with Crippen molar-refractivity contribution < 1.29 is 22.9 Å². The monoisotopic (exact) mass is 321 g/mol. The van der Waals surface area contributed by atoms with E-state index in [0.717, 1.165) is 12.1 Å². The molecular weight excluding hydrogens is 308 g/mol. The molecule has 1 saturated carbocycles. The van der Waals surface area contributed by atoms with E-state index in [9.17, 15) is 18.4 Å². The van der Waals surface area contributed by atoms with E-state index in [1.165, 1.54) is 12.1 Å². The van der Waals surface area contributed by atoms with E-state index in [1.54, 1.807) is 6.92 Å². The number of aryl methyl sites for hydroxylation is 1. The average Bonchev–Trinajstić information content (AvgIpc) is 3.22. The highest BCUT2D eigenvalue weighted by atomic mass is 19.2. The topological polar surface area (TPSA) is 84.2 Å². The van der Waals surface area contributed by atoms with Gasteiger partial charge in [-0.1, -0.05) is 5.16 Å². The molecule has 1 heterocycles. The molecule has 0 atom stereocenters. The number of rotatable bonds is 4. The van der Waals surface area contributed by atoms with Crippen LogP contribution in [0, 0.1) is 24.0 Å². The van der Waals surface area contributed by atoms with Gasteiger partial charge in [-0.05, 0) is 31.9 Å². The maximum atomic E-state index is 13.2. The van der Waals surface area contributed by atoms with Crippen LogP contribution >= 0.6 is 0 Å². The largest absolute Gasteiger partial charge is 0.360 e. The summed E-state index contributed by atoms with van der Waals surface area (Å²) in [4.78, 5) is 24.6. The molecule has 0 bridgehead atoms. The molecule has 6 nitrogen and oxygen atoms in total. The van der Waals surface area contributed by atoms with Crippen molar-refractivity contribution in [3.05, 3.63) is 41.7 Å². The van der Waals surface area contributed by atoms with Crippen molar-refractivity contribution >= 4 is 23.3 Å². The minimum atomic E-state index is -1.22. The van der Waals surface area contributed by atoms with Crippen molar-refractivity contribution in [2.75, 3.05) is 10.6 Å². The first kappa shape index (κ1) is 15.1. The van der Waals surface area contributed by atoms with E-state index in [-0.39, 0.29) is 11.5 Å². The second kappa shape index (κ2) is 5.45. The fourth-order valence-electron chi connectivity index (χ4n) is 2.17. The minimum absolute atomic E-state index is 0.0882. The molecule has 0 spiro atoms. The zero-order valence-corrected chi connectivity index (χ0v) is 12.2. The standard InChI is InChI=1S/C15H13F2N3O3/c1-8-6-12(20-23-8)19-14(22)15(4-5-15)13(21)18-9-2-3-10(16)11(17)7-9/h2-3,6-7H,4-5H2,1H3,(H,18,21)(H,19,20,22). The molecule has 1 aliphatic carbocycles. The molecular formula is C15H13F2N3O3. The number of hydrogen-bond donors (Lipinski definition) is 2. The Morgan fingerprint density at radius 3 is 2.39 bits per heavy atom. The third-order valence-corrected chi connectivity index (χ3v) is 3.67. The molecule has 2 aromatic rings. The van der Waals surface area contributed by atoms with Gasteiger partial charge in [0.05, 0.1) is 0 Å². The van der Waals surface area contributed by atoms with Crippen molar-refractivity contribution in [1.29, 1.82) is 0 Å². The molecule has 1 aromatic carbocycles. The Balaban J connectivity index is 1.70. The van der Waals surface area contributed by atoms with Gasteiger partial charge in [0.2, 0.25) is 11.8 Å². The molecule has 0 unspecified atom stereocenters. The zero-order valence-electron chi connectivity index (χ0n) is 12.2. The summed E-state index contributed by atoms with van der Waals surface area (Å²) in [5.41, 5.74) is -1.14. The van der Waals surface area contributed by atoms with Crippen LogP contribution < -0.4 is 10.6 Å². The highest BCUT2D eigenvalue weighted by Crippen LogP contribution is 2.47. The fourth-order valence-corrected chi connectivity index (χ4v) is 2.17. The minimum Gasteiger partial charge on any atom is -0.360 e. The van der Waals surface area contributed by atoms with Gasteiger partial charge >= 0.3 is 0 Å².